The lowest BCUT2D eigenvalue weighted by Gasteiger charge is -2.17. The van der Waals surface area contributed by atoms with E-state index in [2.05, 4.69) is 10.5 Å². The molecule has 0 unspecified atom stereocenters. The van der Waals surface area contributed by atoms with Gasteiger partial charge in [-0.3, -0.25) is 9.59 Å². The predicted molar refractivity (Wildman–Crippen MR) is 106 cm³/mol. The second-order valence-electron chi connectivity index (χ2n) is 6.38. The third-order valence-electron chi connectivity index (χ3n) is 4.27. The average molecular weight is 421 g/mol. The molecule has 0 aliphatic rings. The van der Waals surface area contributed by atoms with E-state index in [0.717, 1.165) is 4.31 Å². The van der Waals surface area contributed by atoms with Crippen LogP contribution in [0.2, 0.25) is 0 Å². The lowest BCUT2D eigenvalue weighted by Crippen LogP contribution is -2.28. The molecule has 2 rings (SSSR count). The highest BCUT2D eigenvalue weighted by molar-refractivity contribution is 7.89. The summed E-state index contributed by atoms with van der Waals surface area (Å²) in [6, 6.07) is 7.61. The van der Waals surface area contributed by atoms with Gasteiger partial charge in [0, 0.05) is 20.0 Å². The highest BCUT2D eigenvalue weighted by Gasteiger charge is 2.20. The monoisotopic (exact) mass is 421 g/mol. The van der Waals surface area contributed by atoms with E-state index in [1.165, 1.54) is 25.4 Å². The number of rotatable bonds is 9. The molecule has 2 aromatic rings. The van der Waals surface area contributed by atoms with E-state index in [9.17, 15) is 18.0 Å². The zero-order chi connectivity index (χ0) is 21.6. The smallest absolute Gasteiger partial charge is 0.303 e. The summed E-state index contributed by atoms with van der Waals surface area (Å²) >= 11 is 0. The number of amides is 1. The van der Waals surface area contributed by atoms with Crippen molar-refractivity contribution < 1.29 is 27.5 Å². The van der Waals surface area contributed by atoms with E-state index >= 15 is 0 Å². The van der Waals surface area contributed by atoms with Crippen molar-refractivity contribution in [1.82, 2.24) is 9.73 Å². The highest BCUT2D eigenvalue weighted by Crippen LogP contribution is 2.16. The largest absolute Gasteiger partial charge is 0.481 e. The minimum Gasteiger partial charge on any atom is -0.481 e. The number of nitrogens with one attached hydrogen (secondary N) is 1. The van der Waals surface area contributed by atoms with Gasteiger partial charge in [0.25, 0.3) is 5.91 Å². The molecule has 0 fully saturated rings. The Bertz CT molecular complexity index is 1010. The van der Waals surface area contributed by atoms with E-state index in [1.54, 1.807) is 32.0 Å². The number of aryl methyl sites for hydroxylation is 1. The van der Waals surface area contributed by atoms with Crippen LogP contribution >= 0.6 is 0 Å². The Kier molecular flexibility index (Phi) is 7.29. The molecule has 0 bridgehead atoms. The molecule has 2 N–H and O–H groups in total. The Morgan fingerprint density at radius 2 is 1.86 bits per heavy atom. The summed E-state index contributed by atoms with van der Waals surface area (Å²) in [7, 11) is -2.31. The number of hydrazone groups is 1. The molecule has 0 aliphatic heterocycles. The molecule has 0 radical (unpaired) electrons. The standard InChI is InChI=1S/C19H23N3O6S/c1-13(20-21-19(25)17-10-12-28-14(17)2)15-6-8-16(9-7-15)29(26,27)22(3)11-4-5-18(23)24/h6-10,12H,4-5,11H2,1-3H3,(H,21,25)(H,23,24)/b20-13-. The fraction of sp³-hybridized carbons (Fsp3) is 0.316. The van der Waals surface area contributed by atoms with E-state index in [4.69, 9.17) is 9.52 Å². The number of furan rings is 1. The lowest BCUT2D eigenvalue weighted by molar-refractivity contribution is -0.137. The first-order valence-electron chi connectivity index (χ1n) is 8.80. The normalized spacial score (nSPS) is 12.2. The molecule has 0 saturated carbocycles. The van der Waals surface area contributed by atoms with Crippen LogP contribution in [0.3, 0.4) is 0 Å². The third kappa shape index (κ3) is 5.75. The molecule has 1 amide bonds. The number of carboxylic acid groups (broad SMARTS) is 1. The molecule has 0 spiro atoms. The average Bonchev–Trinajstić information content (AvgIpc) is 3.11. The van der Waals surface area contributed by atoms with E-state index in [1.807, 2.05) is 0 Å². The number of hydrogen-bond donors (Lipinski definition) is 2. The number of benzene rings is 1. The van der Waals surface area contributed by atoms with Crippen LogP contribution in [-0.2, 0) is 14.8 Å². The van der Waals surface area contributed by atoms with E-state index in [0.29, 0.717) is 22.6 Å². The van der Waals surface area contributed by atoms with Crippen LogP contribution in [0.1, 0.15) is 41.4 Å². The second-order valence-corrected chi connectivity index (χ2v) is 8.42. The molecule has 0 atom stereocenters. The van der Waals surface area contributed by atoms with Crippen LogP contribution in [0.15, 0.2) is 51.0 Å². The zero-order valence-electron chi connectivity index (χ0n) is 16.4. The van der Waals surface area contributed by atoms with Gasteiger partial charge in [-0.15, -0.1) is 0 Å². The number of nitrogens with zero attached hydrogens (tertiary/aromatic N) is 2. The summed E-state index contributed by atoms with van der Waals surface area (Å²) in [5.41, 5.74) is 3.96. The number of carbonyl (C=O) groups excluding carboxylic acids is 1. The van der Waals surface area contributed by atoms with Crippen molar-refractivity contribution in [2.24, 2.45) is 5.10 Å². The maximum absolute atomic E-state index is 12.5. The first kappa shape index (κ1) is 22.3. The maximum Gasteiger partial charge on any atom is 0.303 e. The Morgan fingerprint density at radius 1 is 1.21 bits per heavy atom. The molecule has 9 nitrogen and oxygen atoms in total. The topological polar surface area (TPSA) is 129 Å². The first-order valence-corrected chi connectivity index (χ1v) is 10.2. The Balaban J connectivity index is 2.05. The van der Waals surface area contributed by atoms with Gasteiger partial charge in [-0.2, -0.15) is 5.10 Å². The molecular formula is C19H23N3O6S. The van der Waals surface area contributed by atoms with Crippen LogP contribution in [0.4, 0.5) is 0 Å². The molecule has 1 heterocycles. The third-order valence-corrected chi connectivity index (χ3v) is 6.14. The van der Waals surface area contributed by atoms with Gasteiger partial charge in [0.05, 0.1) is 22.4 Å². The minimum atomic E-state index is -3.72. The molecule has 0 aliphatic carbocycles. The number of sulfonamides is 1. The van der Waals surface area contributed by atoms with Crippen molar-refractivity contribution in [2.45, 2.75) is 31.6 Å². The summed E-state index contributed by atoms with van der Waals surface area (Å²) in [5, 5.41) is 12.7. The van der Waals surface area contributed by atoms with Gasteiger partial charge in [-0.1, -0.05) is 12.1 Å². The number of hydrogen-bond acceptors (Lipinski definition) is 6. The van der Waals surface area contributed by atoms with Crippen molar-refractivity contribution in [3.05, 3.63) is 53.5 Å². The lowest BCUT2D eigenvalue weighted by atomic mass is 10.1. The highest BCUT2D eigenvalue weighted by atomic mass is 32.2. The summed E-state index contributed by atoms with van der Waals surface area (Å²) in [5.74, 6) is -0.889. The molecular weight excluding hydrogens is 398 g/mol. The van der Waals surface area contributed by atoms with Crippen LogP contribution < -0.4 is 5.43 Å². The molecule has 10 heteroatoms. The van der Waals surface area contributed by atoms with Crippen molar-refractivity contribution >= 4 is 27.6 Å². The molecule has 1 aromatic heterocycles. The van der Waals surface area contributed by atoms with Gasteiger partial charge in [0.2, 0.25) is 10.0 Å². The molecule has 1 aromatic carbocycles. The maximum atomic E-state index is 12.5. The molecule has 29 heavy (non-hydrogen) atoms. The molecule has 0 saturated heterocycles. The number of carbonyl (C=O) groups is 2. The fourth-order valence-corrected chi connectivity index (χ4v) is 3.71. The SMILES string of the molecule is C/C(=N/NC(=O)c1ccoc1C)c1ccc(S(=O)(=O)N(C)CCCC(=O)O)cc1. The van der Waals surface area contributed by atoms with Crippen molar-refractivity contribution in [3.63, 3.8) is 0 Å². The van der Waals surface area contributed by atoms with Gasteiger partial charge in [-0.05, 0) is 44.0 Å². The van der Waals surface area contributed by atoms with Crippen molar-refractivity contribution in [2.75, 3.05) is 13.6 Å². The Hall–Kier alpha value is -2.98. The second kappa shape index (κ2) is 9.48. The van der Waals surface area contributed by atoms with Crippen LogP contribution in [0, 0.1) is 6.92 Å². The van der Waals surface area contributed by atoms with Gasteiger partial charge in [-0.25, -0.2) is 18.1 Å². The van der Waals surface area contributed by atoms with Gasteiger partial charge >= 0.3 is 5.97 Å². The number of aliphatic carboxylic acids is 1. The molecule has 156 valence electrons. The van der Waals surface area contributed by atoms with E-state index < -0.39 is 21.9 Å². The van der Waals surface area contributed by atoms with Crippen LogP contribution in [0.25, 0.3) is 0 Å². The summed E-state index contributed by atoms with van der Waals surface area (Å²) in [6.07, 6.45) is 1.54. The zero-order valence-corrected chi connectivity index (χ0v) is 17.2. The minimum absolute atomic E-state index is 0.0879. The summed E-state index contributed by atoms with van der Waals surface area (Å²) < 4.78 is 31.3. The first-order chi connectivity index (χ1) is 13.6. The van der Waals surface area contributed by atoms with Gasteiger partial charge < -0.3 is 9.52 Å². The van der Waals surface area contributed by atoms with Gasteiger partial charge in [0.15, 0.2) is 0 Å². The predicted octanol–water partition coefficient (Wildman–Crippen LogP) is 2.23. The Morgan fingerprint density at radius 3 is 2.41 bits per heavy atom. The quantitative estimate of drug-likeness (QED) is 0.472. The van der Waals surface area contributed by atoms with Crippen LogP contribution in [-0.4, -0.2) is 49.0 Å². The summed E-state index contributed by atoms with van der Waals surface area (Å²) in [6.45, 7) is 3.46. The number of carboxylic acids is 1. The summed E-state index contributed by atoms with van der Waals surface area (Å²) in [4.78, 5) is 22.7. The van der Waals surface area contributed by atoms with Crippen molar-refractivity contribution in [1.29, 1.82) is 0 Å². The van der Waals surface area contributed by atoms with E-state index in [-0.39, 0.29) is 24.3 Å². The Labute approximate surface area is 169 Å². The van der Waals surface area contributed by atoms with Gasteiger partial charge in [0.1, 0.15) is 5.76 Å². The fourth-order valence-electron chi connectivity index (χ4n) is 2.50. The van der Waals surface area contributed by atoms with Crippen molar-refractivity contribution in [3.8, 4) is 0 Å². The van der Waals surface area contributed by atoms with Crippen LogP contribution in [0.5, 0.6) is 0 Å².